The van der Waals surface area contributed by atoms with Crippen LogP contribution in [0.1, 0.15) is 27.7 Å². The highest BCUT2D eigenvalue weighted by Gasteiger charge is 2.56. The molecule has 332 valence electrons. The third-order valence-electron chi connectivity index (χ3n) is 10.8. The first kappa shape index (κ1) is 46.7. The van der Waals surface area contributed by atoms with Gasteiger partial charge in [0.15, 0.2) is 31.5 Å². The van der Waals surface area contributed by atoms with E-state index in [0.29, 0.717) is 0 Å². The topological polar surface area (TPSA) is 364 Å². The van der Waals surface area contributed by atoms with Crippen LogP contribution in [-0.2, 0) is 52.2 Å². The fourth-order valence-electron chi connectivity index (χ4n) is 7.43. The van der Waals surface area contributed by atoms with Gasteiger partial charge >= 0.3 is 0 Å². The summed E-state index contributed by atoms with van der Waals surface area (Å²) in [6, 6.07) is -1.50. The molecule has 25 atom stereocenters. The van der Waals surface area contributed by atoms with Gasteiger partial charge in [-0.1, -0.05) is 0 Å². The summed E-state index contributed by atoms with van der Waals surface area (Å²) in [5.41, 5.74) is 0. The maximum Gasteiger partial charge on any atom is 0.217 e. The van der Waals surface area contributed by atoms with Crippen molar-refractivity contribution in [2.75, 3.05) is 20.3 Å². The van der Waals surface area contributed by atoms with Gasteiger partial charge in [-0.15, -0.1) is 0 Å². The zero-order valence-corrected chi connectivity index (χ0v) is 31.7. The highest BCUT2D eigenvalue weighted by Crippen LogP contribution is 2.37. The van der Waals surface area contributed by atoms with Crippen molar-refractivity contribution < 1.29 is 113 Å². The fourth-order valence-corrected chi connectivity index (χ4v) is 7.43. The molecule has 0 unspecified atom stereocenters. The van der Waals surface area contributed by atoms with Gasteiger partial charge in [-0.05, 0) is 20.8 Å². The van der Waals surface area contributed by atoms with E-state index >= 15 is 0 Å². The Kier molecular flexibility index (Phi) is 16.0. The van der Waals surface area contributed by atoms with Gasteiger partial charge in [0.25, 0.3) is 0 Å². The maximum absolute atomic E-state index is 12.0. The number of ether oxygens (including phenoxy) is 10. The Labute approximate surface area is 326 Å². The Balaban J connectivity index is 1.44. The smallest absolute Gasteiger partial charge is 0.217 e. The zero-order valence-electron chi connectivity index (χ0n) is 31.7. The molecule has 5 heterocycles. The average Bonchev–Trinajstić information content (AvgIpc) is 3.17. The first-order valence-corrected chi connectivity index (χ1v) is 18.6. The Bertz CT molecular complexity index is 1290. The summed E-state index contributed by atoms with van der Waals surface area (Å²) in [4.78, 5) is 12.0. The van der Waals surface area contributed by atoms with Crippen LogP contribution in [0, 0.1) is 0 Å². The van der Waals surface area contributed by atoms with Crippen LogP contribution in [0.5, 0.6) is 0 Å². The highest BCUT2D eigenvalue weighted by atomic mass is 16.8. The molecule has 5 rings (SSSR count). The summed E-state index contributed by atoms with van der Waals surface area (Å²) in [7, 11) is 1.22. The largest absolute Gasteiger partial charge is 0.394 e. The minimum absolute atomic E-state index is 0.687. The minimum atomic E-state index is -1.87. The second kappa shape index (κ2) is 19.5. The molecule has 57 heavy (non-hydrogen) atoms. The molecule has 0 bridgehead atoms. The SMILES string of the molecule is CO[C@@H]1O[C@@H](C)[C@H](O[C@H]2O[C@H](CO)[C@@H](O)[C@H](O)[C@H]2O)[C@@H](O[C@@H]2O[C@@H](C)[C@H](O)[C@@H](O)[C@H]2O[C@@H]2O[C@@H](C)[C@H](O)[C@@H](O)[C@H]2O[C@@H]2O[C@H](CO)[C@@H](O)[C@H](O)[C@H]2NC(C)=O)[C@H]1O. The summed E-state index contributed by atoms with van der Waals surface area (Å²) in [5.74, 6) is -0.687. The predicted octanol–water partition coefficient (Wildman–Crippen LogP) is -8.04. The quantitative estimate of drug-likeness (QED) is 0.0868. The number of amides is 1. The molecule has 0 saturated carbocycles. The molecule has 1 amide bonds. The molecule has 0 aromatic rings. The molecule has 24 heteroatoms. The molecule has 5 aliphatic heterocycles. The van der Waals surface area contributed by atoms with Crippen LogP contribution in [0.15, 0.2) is 0 Å². The molecule has 0 aromatic carbocycles. The number of carbonyl (C=O) groups excluding carboxylic acids is 1. The second-order valence-electron chi connectivity index (χ2n) is 14.9. The molecule has 5 aliphatic rings. The molecule has 5 fully saturated rings. The van der Waals surface area contributed by atoms with E-state index in [9.17, 15) is 66.1 Å². The van der Waals surface area contributed by atoms with Crippen molar-refractivity contribution in [3.8, 4) is 0 Å². The molecule has 0 aliphatic carbocycles. The molecular formula is C33H57NO23. The average molecular weight is 836 g/mol. The standard InChI is InChI=1S/C33H57NO23/c1-8-16(39)22(45)28(57-33-27(21(44)15(38)9(2)50-33)56-29-14(34-11(4)37)19(42)17(40)12(6-35)52-29)32(49-8)55-26-24(47)30(48-5)51-10(3)25(26)54-31-23(46)20(43)18(41)13(7-36)53-31/h8-10,12-33,35-36,38-47H,6-7H2,1-5H3,(H,34,37)/t8-,9-,10-,12+,13+,14+,15-,16-,17+,18+,19+,20-,21+,22+,23+,24+,25-,26-,27+,28+,29-,30+,31+,32-,33-/m0/s1. The number of aliphatic hydroxyl groups is 12. The molecule has 13 N–H and O–H groups in total. The number of aliphatic hydroxyl groups excluding tert-OH is 12. The van der Waals surface area contributed by atoms with Crippen LogP contribution < -0.4 is 5.32 Å². The number of nitrogens with one attached hydrogen (secondary N) is 1. The molecule has 5 saturated heterocycles. The number of hydrogen-bond acceptors (Lipinski definition) is 23. The van der Waals surface area contributed by atoms with Crippen molar-refractivity contribution in [1.82, 2.24) is 5.32 Å². The highest BCUT2D eigenvalue weighted by molar-refractivity contribution is 5.73. The summed E-state index contributed by atoms with van der Waals surface area (Å²) in [5, 5.41) is 130. The maximum atomic E-state index is 12.0. The van der Waals surface area contributed by atoms with Crippen LogP contribution in [0.3, 0.4) is 0 Å². The van der Waals surface area contributed by atoms with Gasteiger partial charge in [-0.25, -0.2) is 0 Å². The van der Waals surface area contributed by atoms with Gasteiger partial charge in [0.05, 0.1) is 31.5 Å². The Morgan fingerprint density at radius 2 is 0.912 bits per heavy atom. The molecule has 0 aromatic heterocycles. The van der Waals surface area contributed by atoms with Crippen molar-refractivity contribution in [3.05, 3.63) is 0 Å². The number of hydrogen-bond donors (Lipinski definition) is 13. The van der Waals surface area contributed by atoms with Crippen LogP contribution in [0.2, 0.25) is 0 Å². The number of methoxy groups -OCH3 is 1. The Morgan fingerprint density at radius 1 is 0.474 bits per heavy atom. The fraction of sp³-hybridized carbons (Fsp3) is 0.970. The van der Waals surface area contributed by atoms with E-state index in [4.69, 9.17) is 47.4 Å². The van der Waals surface area contributed by atoms with Gasteiger partial charge in [-0.3, -0.25) is 4.79 Å². The van der Waals surface area contributed by atoms with E-state index in [-0.39, 0.29) is 0 Å². The van der Waals surface area contributed by atoms with Gasteiger partial charge in [0.2, 0.25) is 5.91 Å². The van der Waals surface area contributed by atoms with E-state index in [2.05, 4.69) is 5.32 Å². The van der Waals surface area contributed by atoms with Crippen molar-refractivity contribution in [1.29, 1.82) is 0 Å². The van der Waals surface area contributed by atoms with Crippen molar-refractivity contribution in [2.45, 2.75) is 181 Å². The first-order chi connectivity index (χ1) is 26.8. The number of carbonyl (C=O) groups is 1. The Morgan fingerprint density at radius 3 is 1.40 bits per heavy atom. The van der Waals surface area contributed by atoms with Crippen LogP contribution in [0.4, 0.5) is 0 Å². The van der Waals surface area contributed by atoms with Crippen molar-refractivity contribution in [3.63, 3.8) is 0 Å². The second-order valence-corrected chi connectivity index (χ2v) is 14.9. The van der Waals surface area contributed by atoms with E-state index in [0.717, 1.165) is 6.92 Å². The summed E-state index contributed by atoms with van der Waals surface area (Å²) < 4.78 is 58.2. The van der Waals surface area contributed by atoms with Gasteiger partial charge in [0.1, 0.15) is 104 Å². The lowest BCUT2D eigenvalue weighted by Crippen LogP contribution is -2.68. The zero-order chi connectivity index (χ0) is 42.2. The van der Waals surface area contributed by atoms with Crippen LogP contribution in [-0.4, -0.2) is 241 Å². The van der Waals surface area contributed by atoms with Crippen molar-refractivity contribution in [2.24, 2.45) is 0 Å². The van der Waals surface area contributed by atoms with Crippen LogP contribution in [0.25, 0.3) is 0 Å². The van der Waals surface area contributed by atoms with E-state index < -0.39 is 173 Å². The molecule has 0 radical (unpaired) electrons. The molecule has 24 nitrogen and oxygen atoms in total. The summed E-state index contributed by atoms with van der Waals surface area (Å²) in [6.07, 6.45) is -38.8. The monoisotopic (exact) mass is 835 g/mol. The normalized spacial score (nSPS) is 52.3. The van der Waals surface area contributed by atoms with Gasteiger partial charge in [-0.2, -0.15) is 0 Å². The number of rotatable bonds is 12. The minimum Gasteiger partial charge on any atom is -0.394 e. The lowest BCUT2D eigenvalue weighted by Gasteiger charge is -2.50. The summed E-state index contributed by atoms with van der Waals surface area (Å²) >= 11 is 0. The van der Waals surface area contributed by atoms with Gasteiger partial charge in [0, 0.05) is 14.0 Å². The van der Waals surface area contributed by atoms with Crippen molar-refractivity contribution >= 4 is 5.91 Å². The predicted molar refractivity (Wildman–Crippen MR) is 179 cm³/mol. The summed E-state index contributed by atoms with van der Waals surface area (Å²) in [6.45, 7) is 3.75. The molecule has 0 spiro atoms. The molecular weight excluding hydrogens is 778 g/mol. The van der Waals surface area contributed by atoms with E-state index in [1.165, 1.54) is 27.9 Å². The lowest BCUT2D eigenvalue weighted by atomic mass is 9.95. The third-order valence-corrected chi connectivity index (χ3v) is 10.8. The lowest BCUT2D eigenvalue weighted by molar-refractivity contribution is -0.403. The third kappa shape index (κ3) is 9.73. The van der Waals surface area contributed by atoms with Crippen LogP contribution >= 0.6 is 0 Å². The Hall–Kier alpha value is -1.41. The van der Waals surface area contributed by atoms with E-state index in [1.54, 1.807) is 0 Å². The van der Waals surface area contributed by atoms with E-state index in [1.807, 2.05) is 0 Å². The first-order valence-electron chi connectivity index (χ1n) is 18.6. The van der Waals surface area contributed by atoms with Gasteiger partial charge < -0.3 is 114 Å².